The van der Waals surface area contributed by atoms with Crippen LogP contribution in [0.25, 0.3) is 0 Å². The van der Waals surface area contributed by atoms with E-state index in [4.69, 9.17) is 9.47 Å². The van der Waals surface area contributed by atoms with E-state index < -0.39 is 5.60 Å². The number of anilines is 1. The van der Waals surface area contributed by atoms with E-state index in [-0.39, 0.29) is 23.8 Å². The van der Waals surface area contributed by atoms with Gasteiger partial charge in [-0.25, -0.2) is 4.79 Å². The zero-order valence-electron chi connectivity index (χ0n) is 17.3. The lowest BCUT2D eigenvalue weighted by Crippen LogP contribution is -2.55. The summed E-state index contributed by atoms with van der Waals surface area (Å²) in [5.41, 5.74) is 1.25. The average Bonchev–Trinajstić information content (AvgIpc) is 2.51. The van der Waals surface area contributed by atoms with Gasteiger partial charge in [0.15, 0.2) is 0 Å². The number of rotatable bonds is 6. The number of ether oxygens (including phenoxy) is 2. The van der Waals surface area contributed by atoms with Gasteiger partial charge in [0.2, 0.25) is 5.91 Å². The molecule has 1 saturated heterocycles. The molecule has 1 N–H and O–H groups in total. The second kappa shape index (κ2) is 8.63. The predicted molar refractivity (Wildman–Crippen MR) is 106 cm³/mol. The number of benzene rings is 1. The molecule has 2 amide bonds. The molecule has 150 valence electrons. The van der Waals surface area contributed by atoms with E-state index in [1.807, 2.05) is 52.8 Å². The topological polar surface area (TPSA) is 67.9 Å². The Morgan fingerprint density at radius 2 is 1.96 bits per heavy atom. The molecule has 1 heterocycles. The standard InChI is InChI=1S/C21H32N2O4/c1-7-10-26-17-8-9-18(14(2)11-17)22-19(24)15(3)16-12-23(13-16)20(25)27-21(4,5)6/h8-9,11,15-16H,7,10,12-13H2,1-6H3,(H,22,24)/t15-/m1/s1. The highest BCUT2D eigenvalue weighted by molar-refractivity contribution is 5.93. The van der Waals surface area contributed by atoms with Gasteiger partial charge in [-0.3, -0.25) is 4.79 Å². The fourth-order valence-electron chi connectivity index (χ4n) is 2.85. The molecule has 1 aromatic carbocycles. The molecule has 0 aromatic heterocycles. The monoisotopic (exact) mass is 376 g/mol. The minimum absolute atomic E-state index is 0.0332. The van der Waals surface area contributed by atoms with Crippen LogP contribution in [0.15, 0.2) is 18.2 Å². The van der Waals surface area contributed by atoms with Crippen molar-refractivity contribution in [2.75, 3.05) is 25.0 Å². The Morgan fingerprint density at radius 3 is 2.52 bits per heavy atom. The van der Waals surface area contributed by atoms with Crippen LogP contribution in [0.1, 0.15) is 46.6 Å². The highest BCUT2D eigenvalue weighted by Crippen LogP contribution is 2.28. The van der Waals surface area contributed by atoms with Crippen molar-refractivity contribution in [2.45, 2.75) is 53.6 Å². The van der Waals surface area contributed by atoms with Crippen molar-refractivity contribution in [1.29, 1.82) is 0 Å². The molecule has 1 aliphatic heterocycles. The van der Waals surface area contributed by atoms with Gasteiger partial charge in [0.25, 0.3) is 0 Å². The first-order chi connectivity index (χ1) is 12.6. The summed E-state index contributed by atoms with van der Waals surface area (Å²) in [6.07, 6.45) is 0.640. The number of amides is 2. The zero-order chi connectivity index (χ0) is 20.2. The zero-order valence-corrected chi connectivity index (χ0v) is 17.3. The van der Waals surface area contributed by atoms with Crippen LogP contribution < -0.4 is 10.1 Å². The van der Waals surface area contributed by atoms with E-state index in [1.54, 1.807) is 4.90 Å². The fraction of sp³-hybridized carbons (Fsp3) is 0.619. The molecule has 1 atom stereocenters. The maximum Gasteiger partial charge on any atom is 0.410 e. The molecule has 0 bridgehead atoms. The minimum Gasteiger partial charge on any atom is -0.494 e. The summed E-state index contributed by atoms with van der Waals surface area (Å²) in [6.45, 7) is 13.2. The van der Waals surface area contributed by atoms with Gasteiger partial charge in [-0.1, -0.05) is 13.8 Å². The Hall–Kier alpha value is -2.24. The van der Waals surface area contributed by atoms with Gasteiger partial charge in [-0.2, -0.15) is 0 Å². The highest BCUT2D eigenvalue weighted by atomic mass is 16.6. The average molecular weight is 376 g/mol. The molecule has 6 nitrogen and oxygen atoms in total. The van der Waals surface area contributed by atoms with Crippen molar-refractivity contribution in [2.24, 2.45) is 11.8 Å². The first-order valence-corrected chi connectivity index (χ1v) is 9.63. The van der Waals surface area contributed by atoms with Crippen molar-refractivity contribution in [1.82, 2.24) is 4.90 Å². The van der Waals surface area contributed by atoms with Gasteiger partial charge >= 0.3 is 6.09 Å². The minimum atomic E-state index is -0.504. The lowest BCUT2D eigenvalue weighted by atomic mass is 9.86. The molecule has 1 fully saturated rings. The number of carbonyl (C=O) groups is 2. The van der Waals surface area contributed by atoms with E-state index in [1.165, 1.54) is 0 Å². The lowest BCUT2D eigenvalue weighted by Gasteiger charge is -2.42. The quantitative estimate of drug-likeness (QED) is 0.807. The van der Waals surface area contributed by atoms with E-state index >= 15 is 0 Å². The third-order valence-electron chi connectivity index (χ3n) is 4.61. The van der Waals surface area contributed by atoms with Gasteiger partial charge < -0.3 is 19.7 Å². The van der Waals surface area contributed by atoms with Crippen LogP contribution >= 0.6 is 0 Å². The van der Waals surface area contributed by atoms with Gasteiger partial charge in [-0.05, 0) is 57.9 Å². The van der Waals surface area contributed by atoms with Gasteiger partial charge in [0.05, 0.1) is 6.61 Å². The molecule has 1 aromatic rings. The summed E-state index contributed by atoms with van der Waals surface area (Å²) < 4.78 is 11.0. The summed E-state index contributed by atoms with van der Waals surface area (Å²) in [6, 6.07) is 5.68. The Kier molecular flexibility index (Phi) is 6.73. The van der Waals surface area contributed by atoms with E-state index in [0.717, 1.165) is 23.4 Å². The number of hydrogen-bond acceptors (Lipinski definition) is 4. The van der Waals surface area contributed by atoms with Crippen molar-refractivity contribution >= 4 is 17.7 Å². The summed E-state index contributed by atoms with van der Waals surface area (Å²) in [4.78, 5) is 26.2. The molecule has 2 rings (SSSR count). The number of nitrogens with one attached hydrogen (secondary N) is 1. The van der Waals surface area contributed by atoms with Crippen LogP contribution in [-0.2, 0) is 9.53 Å². The Balaban J connectivity index is 1.85. The second-order valence-electron chi connectivity index (χ2n) is 8.25. The third kappa shape index (κ3) is 5.88. The molecule has 0 aliphatic carbocycles. The van der Waals surface area contributed by atoms with E-state index in [2.05, 4.69) is 12.2 Å². The fourth-order valence-corrected chi connectivity index (χ4v) is 2.85. The molecule has 27 heavy (non-hydrogen) atoms. The van der Waals surface area contributed by atoms with Gasteiger partial charge in [0, 0.05) is 30.6 Å². The molecule has 0 spiro atoms. The smallest absolute Gasteiger partial charge is 0.410 e. The number of likely N-dealkylation sites (tertiary alicyclic amines) is 1. The maximum atomic E-state index is 12.6. The van der Waals surface area contributed by atoms with Crippen LogP contribution in [0, 0.1) is 18.8 Å². The molecular weight excluding hydrogens is 344 g/mol. The summed E-state index contributed by atoms with van der Waals surface area (Å²) in [5, 5.41) is 3.00. The van der Waals surface area contributed by atoms with Crippen LogP contribution in [-0.4, -0.2) is 42.2 Å². The molecule has 0 unspecified atom stereocenters. The van der Waals surface area contributed by atoms with Gasteiger partial charge in [-0.15, -0.1) is 0 Å². The molecule has 1 aliphatic rings. The maximum absolute atomic E-state index is 12.6. The highest BCUT2D eigenvalue weighted by Gasteiger charge is 2.39. The van der Waals surface area contributed by atoms with E-state index in [0.29, 0.717) is 19.7 Å². The summed E-state index contributed by atoms with van der Waals surface area (Å²) >= 11 is 0. The largest absolute Gasteiger partial charge is 0.494 e. The number of aryl methyl sites for hydroxylation is 1. The first-order valence-electron chi connectivity index (χ1n) is 9.63. The summed E-state index contributed by atoms with van der Waals surface area (Å²) in [7, 11) is 0. The molecule has 6 heteroatoms. The van der Waals surface area contributed by atoms with Crippen LogP contribution in [0.5, 0.6) is 5.75 Å². The van der Waals surface area contributed by atoms with Crippen LogP contribution in [0.4, 0.5) is 10.5 Å². The number of hydrogen-bond donors (Lipinski definition) is 1. The Morgan fingerprint density at radius 1 is 1.30 bits per heavy atom. The number of carbonyl (C=O) groups excluding carboxylic acids is 2. The van der Waals surface area contributed by atoms with Crippen molar-refractivity contribution in [3.05, 3.63) is 23.8 Å². The Bertz CT molecular complexity index is 675. The lowest BCUT2D eigenvalue weighted by molar-refractivity contribution is -0.123. The predicted octanol–water partition coefficient (Wildman–Crippen LogP) is 4.23. The third-order valence-corrected chi connectivity index (χ3v) is 4.61. The van der Waals surface area contributed by atoms with Crippen LogP contribution in [0.2, 0.25) is 0 Å². The van der Waals surface area contributed by atoms with Crippen molar-refractivity contribution in [3.8, 4) is 5.75 Å². The SMILES string of the molecule is CCCOc1ccc(NC(=O)[C@H](C)C2CN(C(=O)OC(C)(C)C)C2)c(C)c1. The Labute approximate surface area is 162 Å². The normalized spacial score (nSPS) is 15.7. The van der Waals surface area contributed by atoms with Crippen molar-refractivity contribution < 1.29 is 19.1 Å². The summed E-state index contributed by atoms with van der Waals surface area (Å²) in [5.74, 6) is 0.741. The van der Waals surface area contributed by atoms with Gasteiger partial charge in [0.1, 0.15) is 11.4 Å². The van der Waals surface area contributed by atoms with E-state index in [9.17, 15) is 9.59 Å². The second-order valence-corrected chi connectivity index (χ2v) is 8.25. The molecule has 0 radical (unpaired) electrons. The number of nitrogens with zero attached hydrogens (tertiary/aromatic N) is 1. The first kappa shape index (κ1) is 21.1. The van der Waals surface area contributed by atoms with Crippen molar-refractivity contribution in [3.63, 3.8) is 0 Å². The molecular formula is C21H32N2O4. The van der Waals surface area contributed by atoms with Crippen LogP contribution in [0.3, 0.4) is 0 Å². The molecule has 0 saturated carbocycles.